The van der Waals surface area contributed by atoms with E-state index >= 15 is 0 Å². The van der Waals surface area contributed by atoms with Crippen molar-refractivity contribution >= 4 is 0 Å². The Bertz CT molecular complexity index is 482. The third-order valence-corrected chi connectivity index (χ3v) is 5.58. The number of hydrogen-bond donors (Lipinski definition) is 1. The number of rotatable bonds is 8. The molecule has 0 aromatic heterocycles. The van der Waals surface area contributed by atoms with Crippen LogP contribution in [0.5, 0.6) is 0 Å². The van der Waals surface area contributed by atoms with Crippen LogP contribution in [0.2, 0.25) is 0 Å². The summed E-state index contributed by atoms with van der Waals surface area (Å²) in [5.74, 6) is 0.782. The second-order valence-corrected chi connectivity index (χ2v) is 8.80. The molecule has 1 aromatic rings. The van der Waals surface area contributed by atoms with Crippen molar-refractivity contribution in [2.24, 2.45) is 11.3 Å². The molecule has 0 saturated carbocycles. The summed E-state index contributed by atoms with van der Waals surface area (Å²) in [4.78, 5) is 0. The number of nitrogens with one attached hydrogen (secondary N) is 1. The molecule has 0 aliphatic carbocycles. The molecule has 24 heavy (non-hydrogen) atoms. The fourth-order valence-corrected chi connectivity index (χ4v) is 4.15. The lowest BCUT2D eigenvalue weighted by atomic mass is 9.68. The van der Waals surface area contributed by atoms with Crippen molar-refractivity contribution in [1.82, 2.24) is 5.32 Å². The zero-order valence-corrected chi connectivity index (χ0v) is 16.4. The van der Waals surface area contributed by atoms with Crippen LogP contribution in [0.15, 0.2) is 30.3 Å². The van der Waals surface area contributed by atoms with E-state index < -0.39 is 0 Å². The Hall–Kier alpha value is -0.860. The van der Waals surface area contributed by atoms with Crippen molar-refractivity contribution in [2.75, 3.05) is 13.2 Å². The molecule has 2 nitrogen and oxygen atoms in total. The van der Waals surface area contributed by atoms with Crippen molar-refractivity contribution in [1.29, 1.82) is 0 Å². The van der Waals surface area contributed by atoms with Crippen molar-refractivity contribution < 1.29 is 4.74 Å². The summed E-state index contributed by atoms with van der Waals surface area (Å²) in [5.41, 5.74) is 1.84. The number of benzene rings is 1. The fourth-order valence-electron chi connectivity index (χ4n) is 4.15. The number of hydrogen-bond acceptors (Lipinski definition) is 2. The molecular formula is C22H37NO. The molecule has 2 atom stereocenters. The van der Waals surface area contributed by atoms with E-state index in [0.717, 1.165) is 19.1 Å². The Labute approximate surface area is 149 Å². The first-order valence-electron chi connectivity index (χ1n) is 9.74. The predicted octanol–water partition coefficient (Wildman–Crippen LogP) is 5.74. The summed E-state index contributed by atoms with van der Waals surface area (Å²) in [6.45, 7) is 13.5. The molecule has 0 amide bonds. The molecule has 1 fully saturated rings. The van der Waals surface area contributed by atoms with Crippen LogP contribution < -0.4 is 5.32 Å². The SMILES string of the molecule is CC(C)CC[C@]1(CCN[C@H](C)c2ccccc2)CCOC(C)(C)C1. The minimum atomic E-state index is 0.0281. The summed E-state index contributed by atoms with van der Waals surface area (Å²) in [6.07, 6.45) is 6.31. The molecule has 2 heteroatoms. The smallest absolute Gasteiger partial charge is 0.0631 e. The van der Waals surface area contributed by atoms with Gasteiger partial charge in [0, 0.05) is 12.6 Å². The second kappa shape index (κ2) is 8.49. The summed E-state index contributed by atoms with van der Waals surface area (Å²) in [6, 6.07) is 11.2. The molecule has 1 aliphatic heterocycles. The highest BCUT2D eigenvalue weighted by Gasteiger charge is 2.40. The third-order valence-electron chi connectivity index (χ3n) is 5.58. The van der Waals surface area contributed by atoms with Gasteiger partial charge in [-0.3, -0.25) is 0 Å². The molecule has 0 radical (unpaired) electrons. The van der Waals surface area contributed by atoms with E-state index in [1.807, 2.05) is 0 Å². The van der Waals surface area contributed by atoms with E-state index in [4.69, 9.17) is 4.74 Å². The van der Waals surface area contributed by atoms with E-state index in [9.17, 15) is 0 Å². The van der Waals surface area contributed by atoms with Crippen LogP contribution in [0, 0.1) is 11.3 Å². The average Bonchev–Trinajstić information content (AvgIpc) is 2.53. The Morgan fingerprint density at radius 2 is 1.79 bits per heavy atom. The molecule has 1 saturated heterocycles. The second-order valence-electron chi connectivity index (χ2n) is 8.80. The third kappa shape index (κ3) is 5.89. The molecule has 0 unspecified atom stereocenters. The van der Waals surface area contributed by atoms with Gasteiger partial charge in [0.15, 0.2) is 0 Å². The maximum absolute atomic E-state index is 6.00. The highest BCUT2D eigenvalue weighted by atomic mass is 16.5. The summed E-state index contributed by atoms with van der Waals surface area (Å²) < 4.78 is 6.00. The Kier molecular flexibility index (Phi) is 6.88. The summed E-state index contributed by atoms with van der Waals surface area (Å²) >= 11 is 0. The van der Waals surface area contributed by atoms with Gasteiger partial charge in [0.2, 0.25) is 0 Å². The Morgan fingerprint density at radius 3 is 2.42 bits per heavy atom. The topological polar surface area (TPSA) is 21.3 Å². The van der Waals surface area contributed by atoms with Crippen molar-refractivity contribution in [3.63, 3.8) is 0 Å². The normalized spacial score (nSPS) is 24.9. The largest absolute Gasteiger partial charge is 0.376 e. The predicted molar refractivity (Wildman–Crippen MR) is 103 cm³/mol. The van der Waals surface area contributed by atoms with Crippen LogP contribution >= 0.6 is 0 Å². The maximum atomic E-state index is 6.00. The lowest BCUT2D eigenvalue weighted by Crippen LogP contribution is -2.43. The van der Waals surface area contributed by atoms with Gasteiger partial charge < -0.3 is 10.1 Å². The first kappa shape index (κ1) is 19.5. The van der Waals surface area contributed by atoms with Crippen LogP contribution in [0.1, 0.15) is 78.3 Å². The van der Waals surface area contributed by atoms with Crippen molar-refractivity contribution in [3.8, 4) is 0 Å². The van der Waals surface area contributed by atoms with Gasteiger partial charge in [-0.25, -0.2) is 0 Å². The molecule has 1 aliphatic rings. The lowest BCUT2D eigenvalue weighted by molar-refractivity contribution is -0.110. The van der Waals surface area contributed by atoms with E-state index in [1.165, 1.54) is 37.7 Å². The van der Waals surface area contributed by atoms with Crippen molar-refractivity contribution in [3.05, 3.63) is 35.9 Å². The fraction of sp³-hybridized carbons (Fsp3) is 0.727. The van der Waals surface area contributed by atoms with Gasteiger partial charge in [-0.15, -0.1) is 0 Å². The van der Waals surface area contributed by atoms with Gasteiger partial charge >= 0.3 is 0 Å². The van der Waals surface area contributed by atoms with Gasteiger partial charge in [0.25, 0.3) is 0 Å². The molecule has 1 heterocycles. The zero-order valence-electron chi connectivity index (χ0n) is 16.4. The van der Waals surface area contributed by atoms with Gasteiger partial charge in [0.1, 0.15) is 0 Å². The molecule has 0 bridgehead atoms. The van der Waals surface area contributed by atoms with Crippen LogP contribution in [0.4, 0.5) is 0 Å². The maximum Gasteiger partial charge on any atom is 0.0631 e. The van der Waals surface area contributed by atoms with E-state index in [1.54, 1.807) is 0 Å². The lowest BCUT2D eigenvalue weighted by Gasteiger charge is -2.46. The van der Waals surface area contributed by atoms with Gasteiger partial charge in [0.05, 0.1) is 5.60 Å². The minimum Gasteiger partial charge on any atom is -0.376 e. The zero-order chi connectivity index (χ0) is 17.6. The highest BCUT2D eigenvalue weighted by molar-refractivity contribution is 5.17. The van der Waals surface area contributed by atoms with Crippen LogP contribution in [0.25, 0.3) is 0 Å². The molecule has 1 aromatic carbocycles. The molecule has 136 valence electrons. The Morgan fingerprint density at radius 1 is 1.08 bits per heavy atom. The molecular weight excluding hydrogens is 294 g/mol. The first-order chi connectivity index (χ1) is 11.3. The van der Waals surface area contributed by atoms with Crippen molar-refractivity contribution in [2.45, 2.75) is 78.4 Å². The number of ether oxygens (including phenoxy) is 1. The molecule has 1 N–H and O–H groups in total. The van der Waals surface area contributed by atoms with Gasteiger partial charge in [-0.2, -0.15) is 0 Å². The average molecular weight is 332 g/mol. The monoisotopic (exact) mass is 331 g/mol. The Balaban J connectivity index is 1.93. The van der Waals surface area contributed by atoms with E-state index in [-0.39, 0.29) is 5.60 Å². The molecule has 2 rings (SSSR count). The van der Waals surface area contributed by atoms with Gasteiger partial charge in [-0.05, 0) is 69.9 Å². The van der Waals surface area contributed by atoms with Crippen LogP contribution in [-0.4, -0.2) is 18.8 Å². The quantitative estimate of drug-likeness (QED) is 0.656. The van der Waals surface area contributed by atoms with E-state index in [2.05, 4.69) is 70.3 Å². The van der Waals surface area contributed by atoms with Gasteiger partial charge in [-0.1, -0.05) is 50.6 Å². The highest BCUT2D eigenvalue weighted by Crippen LogP contribution is 2.45. The first-order valence-corrected chi connectivity index (χ1v) is 9.74. The minimum absolute atomic E-state index is 0.0281. The van der Waals surface area contributed by atoms with Crippen LogP contribution in [0.3, 0.4) is 0 Å². The van der Waals surface area contributed by atoms with E-state index in [0.29, 0.717) is 11.5 Å². The van der Waals surface area contributed by atoms with Crippen LogP contribution in [-0.2, 0) is 4.74 Å². The summed E-state index contributed by atoms with van der Waals surface area (Å²) in [7, 11) is 0. The molecule has 0 spiro atoms. The summed E-state index contributed by atoms with van der Waals surface area (Å²) in [5, 5.41) is 3.75. The standard InChI is InChI=1S/C22H37NO/c1-18(2)11-12-22(14-16-24-21(4,5)17-22)13-15-23-19(3)20-9-7-6-8-10-20/h6-10,18-19,23H,11-17H2,1-5H3/t19-,22+/m1/s1.